The maximum absolute atomic E-state index is 8.76. The van der Waals surface area contributed by atoms with Gasteiger partial charge in [0.05, 0.1) is 22.9 Å². The highest BCUT2D eigenvalue weighted by molar-refractivity contribution is 6.21. The first-order chi connectivity index (χ1) is 22.1. The maximum Gasteiger partial charge on any atom is 0.155 e. The van der Waals surface area contributed by atoms with E-state index in [1.54, 1.807) is 6.20 Å². The van der Waals surface area contributed by atoms with Crippen molar-refractivity contribution < 1.29 is 0 Å². The second-order valence-electron chi connectivity index (χ2n) is 11.0. The number of aliphatic imine (C=N–C) groups is 1. The first-order valence-electron chi connectivity index (χ1n) is 14.9. The number of fused-ring (bicyclic) bond motifs is 6. The quantitative estimate of drug-likeness (QED) is 0.161. The monoisotopic (exact) mass is 581 g/mol. The summed E-state index contributed by atoms with van der Waals surface area (Å²) in [4.78, 5) is 8.98. The molecule has 0 spiro atoms. The molecule has 5 nitrogen and oxygen atoms in total. The Balaban J connectivity index is 0.000000412. The normalized spacial score (nSPS) is 11.5. The molecular weight excluding hydrogens is 550 g/mol. The molecule has 8 aromatic rings. The number of amidine groups is 2. The largest absolute Gasteiger partial charge is 0.383 e. The predicted molar refractivity (Wildman–Crippen MR) is 189 cm³/mol. The van der Waals surface area contributed by atoms with Gasteiger partial charge in [0, 0.05) is 28.1 Å². The molecule has 0 saturated heterocycles. The van der Waals surface area contributed by atoms with Crippen molar-refractivity contribution >= 4 is 55.0 Å². The number of rotatable bonds is 3. The lowest BCUT2D eigenvalue weighted by molar-refractivity contribution is 1.13. The van der Waals surface area contributed by atoms with Gasteiger partial charge in [0.1, 0.15) is 5.84 Å². The molecule has 216 valence electrons. The molecule has 2 aromatic heterocycles. The van der Waals surface area contributed by atoms with Gasteiger partial charge in [0.15, 0.2) is 5.84 Å². The van der Waals surface area contributed by atoms with Crippen LogP contribution in [0.2, 0.25) is 0 Å². The van der Waals surface area contributed by atoms with Crippen molar-refractivity contribution in [1.29, 1.82) is 5.41 Å². The molecule has 0 fully saturated rings. The maximum atomic E-state index is 8.76. The molecule has 5 heteroatoms. The number of aryl methyl sites for hydroxylation is 1. The van der Waals surface area contributed by atoms with Gasteiger partial charge in [-0.05, 0) is 46.7 Å². The fraction of sp³-hybridized carbons (Fsp3) is 0.0250. The van der Waals surface area contributed by atoms with Crippen LogP contribution in [0.4, 0.5) is 0 Å². The van der Waals surface area contributed by atoms with Crippen molar-refractivity contribution in [2.45, 2.75) is 6.92 Å². The smallest absolute Gasteiger partial charge is 0.155 e. The Labute approximate surface area is 261 Å². The topological polar surface area (TPSA) is 80.1 Å². The fourth-order valence-electron chi connectivity index (χ4n) is 5.93. The summed E-state index contributed by atoms with van der Waals surface area (Å²) in [6.45, 7) is 2.08. The zero-order valence-corrected chi connectivity index (χ0v) is 24.9. The number of hydrogen-bond donors (Lipinski definition) is 2. The summed E-state index contributed by atoms with van der Waals surface area (Å²) >= 11 is 0. The molecule has 0 atom stereocenters. The summed E-state index contributed by atoms with van der Waals surface area (Å²) in [6, 6.07) is 47.4. The number of nitrogens with two attached hydrogens (primary N) is 1. The van der Waals surface area contributed by atoms with Gasteiger partial charge in [0.25, 0.3) is 0 Å². The number of hydrogen-bond acceptors (Lipinski definition) is 2. The molecule has 6 aromatic carbocycles. The summed E-state index contributed by atoms with van der Waals surface area (Å²) in [5.41, 5.74) is 12.2. The summed E-state index contributed by atoms with van der Waals surface area (Å²) in [7, 11) is 0. The number of para-hydroxylation sites is 1. The van der Waals surface area contributed by atoms with Crippen LogP contribution >= 0.6 is 0 Å². The van der Waals surface area contributed by atoms with E-state index < -0.39 is 0 Å². The number of pyridine rings is 1. The Bertz CT molecular complexity index is 2360. The van der Waals surface area contributed by atoms with E-state index >= 15 is 0 Å². The van der Waals surface area contributed by atoms with Crippen LogP contribution in [0.25, 0.3) is 49.0 Å². The standard InChI is InChI=1S/C33H23N5.C7H8/c34-32(37-33(35)27-14-7-10-21-8-1-3-11-25(21)27)23-18-24(20-36-19-23)38-29-15-6-5-13-28(29)31-26-12-4-2-9-22(26)16-17-30(31)38;1-7-5-3-2-4-6-7/h1-20H,(H3,34,35,37);2-6H,1H3. The predicted octanol–water partition coefficient (Wildman–Crippen LogP) is 9.21. The molecule has 0 aliphatic carbocycles. The van der Waals surface area contributed by atoms with Crippen molar-refractivity contribution in [3.8, 4) is 5.69 Å². The summed E-state index contributed by atoms with van der Waals surface area (Å²) < 4.78 is 2.21. The zero-order chi connectivity index (χ0) is 30.8. The van der Waals surface area contributed by atoms with Crippen LogP contribution in [0.5, 0.6) is 0 Å². The molecule has 8 rings (SSSR count). The van der Waals surface area contributed by atoms with Gasteiger partial charge in [-0.2, -0.15) is 0 Å². The van der Waals surface area contributed by atoms with Crippen LogP contribution in [0.15, 0.2) is 157 Å². The van der Waals surface area contributed by atoms with E-state index in [0.29, 0.717) is 11.4 Å². The van der Waals surface area contributed by atoms with E-state index in [9.17, 15) is 0 Å². The van der Waals surface area contributed by atoms with Gasteiger partial charge < -0.3 is 10.3 Å². The van der Waals surface area contributed by atoms with E-state index in [-0.39, 0.29) is 5.84 Å². The van der Waals surface area contributed by atoms with Crippen LogP contribution in [0.3, 0.4) is 0 Å². The van der Waals surface area contributed by atoms with Crippen molar-refractivity contribution in [3.63, 3.8) is 0 Å². The van der Waals surface area contributed by atoms with Gasteiger partial charge in [-0.3, -0.25) is 10.4 Å². The highest BCUT2D eigenvalue weighted by Gasteiger charge is 2.16. The molecule has 2 heterocycles. The third-order valence-corrected chi connectivity index (χ3v) is 8.06. The molecule has 0 saturated carbocycles. The number of nitrogens with one attached hydrogen (secondary N) is 1. The molecular formula is C40H31N5. The van der Waals surface area contributed by atoms with E-state index in [0.717, 1.165) is 33.1 Å². The van der Waals surface area contributed by atoms with Gasteiger partial charge in [-0.25, -0.2) is 4.99 Å². The van der Waals surface area contributed by atoms with Crippen LogP contribution in [-0.4, -0.2) is 21.2 Å². The lowest BCUT2D eigenvalue weighted by Crippen LogP contribution is -2.16. The molecule has 0 amide bonds. The average Bonchev–Trinajstić information content (AvgIpc) is 3.43. The highest BCUT2D eigenvalue weighted by atomic mass is 15.0. The van der Waals surface area contributed by atoms with E-state index in [2.05, 4.69) is 88.2 Å². The zero-order valence-electron chi connectivity index (χ0n) is 24.9. The van der Waals surface area contributed by atoms with Crippen LogP contribution < -0.4 is 5.73 Å². The van der Waals surface area contributed by atoms with Crippen molar-refractivity contribution in [2.24, 2.45) is 10.7 Å². The minimum absolute atomic E-state index is 0.0657. The second-order valence-corrected chi connectivity index (χ2v) is 11.0. The van der Waals surface area contributed by atoms with Crippen molar-refractivity contribution in [1.82, 2.24) is 9.55 Å². The number of nitrogens with zero attached hydrogens (tertiary/aromatic N) is 3. The third-order valence-electron chi connectivity index (χ3n) is 8.06. The van der Waals surface area contributed by atoms with Crippen molar-refractivity contribution in [2.75, 3.05) is 0 Å². The Morgan fingerprint density at radius 1 is 0.644 bits per heavy atom. The highest BCUT2D eigenvalue weighted by Crippen LogP contribution is 2.36. The molecule has 0 aliphatic rings. The Morgan fingerprint density at radius 3 is 2.04 bits per heavy atom. The van der Waals surface area contributed by atoms with E-state index in [1.807, 2.05) is 79.0 Å². The first-order valence-corrected chi connectivity index (χ1v) is 14.9. The van der Waals surface area contributed by atoms with Gasteiger partial charge in [-0.1, -0.05) is 127 Å². The lowest BCUT2D eigenvalue weighted by atomic mass is 10.0. The average molecular weight is 582 g/mol. The number of benzene rings is 6. The van der Waals surface area contributed by atoms with Gasteiger partial charge in [0.2, 0.25) is 0 Å². The lowest BCUT2D eigenvalue weighted by Gasteiger charge is -2.10. The molecule has 0 unspecified atom stereocenters. The van der Waals surface area contributed by atoms with Crippen LogP contribution in [-0.2, 0) is 0 Å². The first kappa shape index (κ1) is 27.7. The van der Waals surface area contributed by atoms with Crippen LogP contribution in [0.1, 0.15) is 16.7 Å². The molecule has 0 bridgehead atoms. The third kappa shape index (κ3) is 5.32. The minimum atomic E-state index is 0.0657. The fourth-order valence-corrected chi connectivity index (χ4v) is 5.93. The molecule has 45 heavy (non-hydrogen) atoms. The Morgan fingerprint density at radius 2 is 1.29 bits per heavy atom. The number of aromatic nitrogens is 2. The summed E-state index contributed by atoms with van der Waals surface area (Å²) in [5.74, 6) is 0.372. The summed E-state index contributed by atoms with van der Waals surface area (Å²) in [5, 5.41) is 15.6. The molecule has 0 aliphatic heterocycles. The summed E-state index contributed by atoms with van der Waals surface area (Å²) in [6.07, 6.45) is 3.49. The van der Waals surface area contributed by atoms with Gasteiger partial charge in [-0.15, -0.1) is 0 Å². The van der Waals surface area contributed by atoms with E-state index in [1.165, 1.54) is 27.1 Å². The Hall–Kier alpha value is -6.07. The molecule has 0 radical (unpaired) electrons. The molecule has 3 N–H and O–H groups in total. The second kappa shape index (κ2) is 11.9. The minimum Gasteiger partial charge on any atom is -0.383 e. The van der Waals surface area contributed by atoms with Gasteiger partial charge >= 0.3 is 0 Å². The Kier molecular flexibility index (Phi) is 7.34. The van der Waals surface area contributed by atoms with Crippen molar-refractivity contribution in [3.05, 3.63) is 169 Å². The van der Waals surface area contributed by atoms with Crippen LogP contribution in [0, 0.1) is 12.3 Å². The SMILES string of the molecule is Cc1ccccc1.N=C(N=C(N)c1cccc2ccccc12)c1cncc(-n2c3ccccc3c3c4ccccc4ccc32)c1. The van der Waals surface area contributed by atoms with E-state index in [4.69, 9.17) is 11.1 Å².